The second-order valence-corrected chi connectivity index (χ2v) is 9.21. The number of rotatable bonds is 18. The van der Waals surface area contributed by atoms with Crippen molar-refractivity contribution >= 4 is 51.2 Å². The fraction of sp³-hybridized carbons (Fsp3) is 0.560. The molecule has 2 heterocycles. The predicted octanol–water partition coefficient (Wildman–Crippen LogP) is 0.504. The summed E-state index contributed by atoms with van der Waals surface area (Å²) < 4.78 is 26.7. The van der Waals surface area contributed by atoms with E-state index in [1.807, 2.05) is 0 Å². The van der Waals surface area contributed by atoms with Crippen LogP contribution in [0.15, 0.2) is 18.2 Å². The number of ether oxygens (including phenoxy) is 5. The Hall–Kier alpha value is -2.75. The topological polar surface area (TPSA) is 159 Å². The van der Waals surface area contributed by atoms with Gasteiger partial charge in [0.25, 0.3) is 11.8 Å². The zero-order valence-corrected chi connectivity index (χ0v) is 23.0. The number of hydrogen-bond donors (Lipinski definition) is 2. The van der Waals surface area contributed by atoms with Crippen LogP contribution in [0, 0.1) is 0 Å². The number of nitrogens with zero attached hydrogens (tertiary/aromatic N) is 1. The fourth-order valence-corrected chi connectivity index (χ4v) is 4.13. The Labute approximate surface area is 233 Å². The predicted molar refractivity (Wildman–Crippen MR) is 140 cm³/mol. The number of hydrogen-bond acceptors (Lipinski definition) is 10. The second kappa shape index (κ2) is 16.4. The number of imide groups is 2. The molecule has 2 aliphatic rings. The first kappa shape index (κ1) is 30.8. The van der Waals surface area contributed by atoms with Crippen LogP contribution in [0.5, 0.6) is 0 Å². The number of carbonyl (C=O) groups is 5. The lowest BCUT2D eigenvalue weighted by molar-refractivity contribution is -0.136. The molecule has 2 N–H and O–H groups in total. The van der Waals surface area contributed by atoms with Crippen LogP contribution in [0.3, 0.4) is 0 Å². The SMILES string of the molecule is O=C1CCC(N2C(=O)c3cccc(NC(=O)COCCOCCOCCOCCOCCBr)c3C2=O)C(=O)N1. The van der Waals surface area contributed by atoms with Gasteiger partial charge in [0.2, 0.25) is 17.7 Å². The van der Waals surface area contributed by atoms with E-state index in [2.05, 4.69) is 26.6 Å². The van der Waals surface area contributed by atoms with E-state index in [0.29, 0.717) is 46.2 Å². The van der Waals surface area contributed by atoms with Gasteiger partial charge in [0.15, 0.2) is 0 Å². The average molecular weight is 614 g/mol. The molecule has 14 heteroatoms. The van der Waals surface area contributed by atoms with Crippen molar-refractivity contribution in [2.24, 2.45) is 0 Å². The minimum absolute atomic E-state index is 0.00253. The molecule has 13 nitrogen and oxygen atoms in total. The highest BCUT2D eigenvalue weighted by molar-refractivity contribution is 9.09. The number of amides is 5. The summed E-state index contributed by atoms with van der Waals surface area (Å²) in [4.78, 5) is 62.8. The van der Waals surface area contributed by atoms with E-state index in [1.54, 1.807) is 0 Å². The molecule has 1 unspecified atom stereocenters. The van der Waals surface area contributed by atoms with Gasteiger partial charge in [-0.3, -0.25) is 34.2 Å². The van der Waals surface area contributed by atoms with E-state index >= 15 is 0 Å². The van der Waals surface area contributed by atoms with Crippen LogP contribution in [0.4, 0.5) is 5.69 Å². The maximum absolute atomic E-state index is 13.1. The summed E-state index contributed by atoms with van der Waals surface area (Å²) in [7, 11) is 0. The molecular weight excluding hydrogens is 582 g/mol. The van der Waals surface area contributed by atoms with Gasteiger partial charge in [0.05, 0.1) is 76.3 Å². The van der Waals surface area contributed by atoms with Gasteiger partial charge < -0.3 is 29.0 Å². The lowest BCUT2D eigenvalue weighted by Crippen LogP contribution is -2.54. The number of halogens is 1. The first-order valence-corrected chi connectivity index (χ1v) is 13.6. The molecule has 0 aliphatic carbocycles. The van der Waals surface area contributed by atoms with Crippen molar-refractivity contribution in [2.75, 3.05) is 76.7 Å². The van der Waals surface area contributed by atoms with Gasteiger partial charge in [0, 0.05) is 11.8 Å². The Bertz CT molecular complexity index is 1040. The van der Waals surface area contributed by atoms with Gasteiger partial charge in [-0.2, -0.15) is 0 Å². The van der Waals surface area contributed by atoms with Crippen molar-refractivity contribution in [3.8, 4) is 0 Å². The Morgan fingerprint density at radius 2 is 1.46 bits per heavy atom. The molecule has 214 valence electrons. The quantitative estimate of drug-likeness (QED) is 0.136. The third-order valence-corrected chi connectivity index (χ3v) is 6.01. The molecule has 1 aromatic carbocycles. The number of fused-ring (bicyclic) bond motifs is 1. The van der Waals surface area contributed by atoms with Crippen molar-refractivity contribution in [1.82, 2.24) is 10.2 Å². The van der Waals surface area contributed by atoms with E-state index in [1.165, 1.54) is 18.2 Å². The van der Waals surface area contributed by atoms with Crippen molar-refractivity contribution in [3.63, 3.8) is 0 Å². The molecule has 5 amide bonds. The van der Waals surface area contributed by atoms with E-state index in [9.17, 15) is 24.0 Å². The first-order valence-electron chi connectivity index (χ1n) is 12.5. The van der Waals surface area contributed by atoms with Gasteiger partial charge >= 0.3 is 0 Å². The van der Waals surface area contributed by atoms with E-state index < -0.39 is 35.6 Å². The number of alkyl halides is 1. The minimum atomic E-state index is -1.09. The largest absolute Gasteiger partial charge is 0.378 e. The summed E-state index contributed by atoms with van der Waals surface area (Å²) in [5.74, 6) is -3.04. The molecule has 1 fully saturated rings. The van der Waals surface area contributed by atoms with Gasteiger partial charge in [0.1, 0.15) is 12.6 Å². The second-order valence-electron chi connectivity index (χ2n) is 8.41. The molecular formula is C25H32BrN3O10. The molecule has 0 spiro atoms. The number of carbonyl (C=O) groups excluding carboxylic acids is 5. The first-order chi connectivity index (χ1) is 18.9. The van der Waals surface area contributed by atoms with E-state index in [0.717, 1.165) is 10.2 Å². The molecule has 39 heavy (non-hydrogen) atoms. The van der Waals surface area contributed by atoms with Crippen LogP contribution < -0.4 is 10.6 Å². The number of anilines is 1. The highest BCUT2D eigenvalue weighted by Gasteiger charge is 2.45. The highest BCUT2D eigenvalue weighted by Crippen LogP contribution is 2.32. The summed E-state index contributed by atoms with van der Waals surface area (Å²) in [6.45, 7) is 3.50. The normalized spacial score (nSPS) is 16.9. The molecule has 3 rings (SSSR count). The molecule has 0 aromatic heterocycles. The monoisotopic (exact) mass is 613 g/mol. The third kappa shape index (κ3) is 9.15. The molecule has 0 radical (unpaired) electrons. The van der Waals surface area contributed by atoms with Crippen LogP contribution in [-0.2, 0) is 38.1 Å². The Kier molecular flexibility index (Phi) is 12.9. The van der Waals surface area contributed by atoms with Crippen molar-refractivity contribution in [2.45, 2.75) is 18.9 Å². The number of nitrogens with one attached hydrogen (secondary N) is 2. The summed E-state index contributed by atoms with van der Waals surface area (Å²) in [6, 6.07) is 3.37. The highest BCUT2D eigenvalue weighted by atomic mass is 79.9. The third-order valence-electron chi connectivity index (χ3n) is 5.68. The van der Waals surface area contributed by atoms with Crippen molar-refractivity contribution in [1.29, 1.82) is 0 Å². The molecule has 0 bridgehead atoms. The maximum atomic E-state index is 13.1. The molecule has 1 atom stereocenters. The van der Waals surface area contributed by atoms with Crippen molar-refractivity contribution < 1.29 is 47.7 Å². The van der Waals surface area contributed by atoms with Crippen LogP contribution in [0.25, 0.3) is 0 Å². The van der Waals surface area contributed by atoms with E-state index in [4.69, 9.17) is 23.7 Å². The summed E-state index contributed by atoms with van der Waals surface area (Å²) in [5, 5.41) is 5.52. The zero-order chi connectivity index (χ0) is 28.0. The lowest BCUT2D eigenvalue weighted by atomic mass is 10.0. The molecule has 2 aliphatic heterocycles. The van der Waals surface area contributed by atoms with Crippen LogP contribution in [0.2, 0.25) is 0 Å². The molecule has 1 saturated heterocycles. The fourth-order valence-electron chi connectivity index (χ4n) is 3.90. The van der Waals surface area contributed by atoms with Crippen LogP contribution >= 0.6 is 15.9 Å². The van der Waals surface area contributed by atoms with Crippen LogP contribution in [0.1, 0.15) is 33.6 Å². The lowest BCUT2D eigenvalue weighted by Gasteiger charge is -2.27. The van der Waals surface area contributed by atoms with Gasteiger partial charge in [-0.25, -0.2) is 0 Å². The van der Waals surface area contributed by atoms with Gasteiger partial charge in [-0.15, -0.1) is 0 Å². The van der Waals surface area contributed by atoms with Crippen molar-refractivity contribution in [3.05, 3.63) is 29.3 Å². The standard InChI is InChI=1S/C25H32BrN3O10/c26-6-7-35-8-9-36-10-11-37-12-13-38-14-15-39-16-21(31)27-18-3-1-2-17-22(18)25(34)29(24(17)33)19-4-5-20(30)28-23(19)32/h1-3,19H,4-16H2,(H,27,31)(H,28,30,32). The Balaban J connectivity index is 1.31. The van der Waals surface area contributed by atoms with Gasteiger partial charge in [-0.05, 0) is 18.6 Å². The average Bonchev–Trinajstić information content (AvgIpc) is 3.17. The Morgan fingerprint density at radius 3 is 2.05 bits per heavy atom. The summed E-state index contributed by atoms with van der Waals surface area (Å²) >= 11 is 3.27. The molecule has 0 saturated carbocycles. The van der Waals surface area contributed by atoms with Crippen LogP contribution in [-0.4, -0.2) is 112 Å². The summed E-state index contributed by atoms with van der Waals surface area (Å²) in [5.41, 5.74) is 0.209. The Morgan fingerprint density at radius 1 is 0.872 bits per heavy atom. The number of benzene rings is 1. The smallest absolute Gasteiger partial charge is 0.264 e. The zero-order valence-electron chi connectivity index (χ0n) is 21.4. The number of piperidine rings is 1. The maximum Gasteiger partial charge on any atom is 0.264 e. The molecule has 1 aromatic rings. The van der Waals surface area contributed by atoms with Gasteiger partial charge in [-0.1, -0.05) is 22.0 Å². The minimum Gasteiger partial charge on any atom is -0.378 e. The van der Waals surface area contributed by atoms with E-state index in [-0.39, 0.29) is 49.5 Å². The summed E-state index contributed by atoms with van der Waals surface area (Å²) in [6.07, 6.45) is 0.0624.